The van der Waals surface area contributed by atoms with Crippen LogP contribution in [0.2, 0.25) is 0 Å². The number of likely N-dealkylation sites (tertiary alicyclic amines) is 1. The summed E-state index contributed by atoms with van der Waals surface area (Å²) in [7, 11) is 2.15. The molecule has 0 radical (unpaired) electrons. The van der Waals surface area contributed by atoms with Gasteiger partial charge in [0.2, 0.25) is 11.8 Å². The molecule has 10 nitrogen and oxygen atoms in total. The van der Waals surface area contributed by atoms with Crippen LogP contribution in [0.25, 0.3) is 5.69 Å². The summed E-state index contributed by atoms with van der Waals surface area (Å²) < 4.78 is 1.70. The maximum atomic E-state index is 13.0. The summed E-state index contributed by atoms with van der Waals surface area (Å²) in [6.07, 6.45) is 4.71. The summed E-state index contributed by atoms with van der Waals surface area (Å²) in [4.78, 5) is 40.7. The van der Waals surface area contributed by atoms with Crippen molar-refractivity contribution in [1.29, 1.82) is 0 Å². The molecule has 1 aromatic carbocycles. The Kier molecular flexibility index (Phi) is 5.48. The maximum Gasteiger partial charge on any atom is 0.255 e. The first-order valence-electron chi connectivity index (χ1n) is 11.1. The molecule has 3 aliphatic rings. The Morgan fingerprint density at radius 1 is 1.16 bits per heavy atom. The van der Waals surface area contributed by atoms with Crippen molar-refractivity contribution in [2.75, 3.05) is 20.1 Å². The van der Waals surface area contributed by atoms with Crippen LogP contribution < -0.4 is 10.6 Å². The first-order chi connectivity index (χ1) is 15.5. The molecule has 2 fully saturated rings. The molecule has 2 saturated heterocycles. The normalized spacial score (nSPS) is 22.3. The van der Waals surface area contributed by atoms with Crippen molar-refractivity contribution < 1.29 is 14.4 Å². The lowest BCUT2D eigenvalue weighted by Gasteiger charge is -2.29. The van der Waals surface area contributed by atoms with Gasteiger partial charge in [0, 0.05) is 36.7 Å². The van der Waals surface area contributed by atoms with Gasteiger partial charge in [-0.25, -0.2) is 4.68 Å². The Morgan fingerprint density at radius 3 is 2.75 bits per heavy atom. The molecular formula is C22H27N7O3. The van der Waals surface area contributed by atoms with Gasteiger partial charge in [0.25, 0.3) is 5.91 Å². The van der Waals surface area contributed by atoms with E-state index < -0.39 is 11.9 Å². The third-order valence-corrected chi connectivity index (χ3v) is 6.64. The number of imide groups is 1. The second kappa shape index (κ2) is 8.44. The first-order valence-corrected chi connectivity index (χ1v) is 11.1. The molecule has 168 valence electrons. The van der Waals surface area contributed by atoms with Gasteiger partial charge in [-0.3, -0.25) is 19.7 Å². The third-order valence-electron chi connectivity index (χ3n) is 6.64. The highest BCUT2D eigenvalue weighted by Crippen LogP contribution is 2.31. The highest BCUT2D eigenvalue weighted by molar-refractivity contribution is 6.05. The van der Waals surface area contributed by atoms with Crippen LogP contribution in [0.5, 0.6) is 0 Å². The minimum absolute atomic E-state index is 0.194. The number of carbonyl (C=O) groups is 3. The number of benzene rings is 1. The Labute approximate surface area is 185 Å². The van der Waals surface area contributed by atoms with E-state index in [1.807, 2.05) is 18.3 Å². The SMILES string of the molecule is CN1CCC(NCc2cn(-c3cccc4c3CN(C3CCC(=O)NC3=O)C4=O)nn2)CC1. The van der Waals surface area contributed by atoms with Gasteiger partial charge in [-0.1, -0.05) is 11.3 Å². The lowest BCUT2D eigenvalue weighted by molar-refractivity contribution is -0.136. The maximum absolute atomic E-state index is 13.0. The van der Waals surface area contributed by atoms with Crippen molar-refractivity contribution in [2.24, 2.45) is 0 Å². The average molecular weight is 438 g/mol. The number of carbonyl (C=O) groups excluding carboxylic acids is 3. The van der Waals surface area contributed by atoms with Gasteiger partial charge in [-0.05, 0) is 51.5 Å². The molecule has 0 saturated carbocycles. The molecule has 3 amide bonds. The van der Waals surface area contributed by atoms with Gasteiger partial charge in [-0.2, -0.15) is 0 Å². The second-order valence-corrected chi connectivity index (χ2v) is 8.82. The van der Waals surface area contributed by atoms with Gasteiger partial charge in [-0.15, -0.1) is 5.10 Å². The number of rotatable bonds is 5. The van der Waals surface area contributed by atoms with Gasteiger partial charge < -0.3 is 15.1 Å². The molecule has 1 atom stereocenters. The van der Waals surface area contributed by atoms with Crippen LogP contribution in [-0.2, 0) is 22.7 Å². The zero-order valence-electron chi connectivity index (χ0n) is 18.1. The van der Waals surface area contributed by atoms with Crippen molar-refractivity contribution >= 4 is 17.7 Å². The first kappa shape index (κ1) is 20.8. The van der Waals surface area contributed by atoms with E-state index >= 15 is 0 Å². The molecule has 2 aromatic rings. The van der Waals surface area contributed by atoms with Crippen LogP contribution in [0, 0.1) is 0 Å². The smallest absolute Gasteiger partial charge is 0.255 e. The molecule has 1 aromatic heterocycles. The summed E-state index contributed by atoms with van der Waals surface area (Å²) >= 11 is 0. The quantitative estimate of drug-likeness (QED) is 0.643. The average Bonchev–Trinajstić information content (AvgIpc) is 3.38. The molecule has 0 bridgehead atoms. The number of nitrogens with zero attached hydrogens (tertiary/aromatic N) is 5. The summed E-state index contributed by atoms with van der Waals surface area (Å²) in [5, 5.41) is 14.5. The van der Waals surface area contributed by atoms with E-state index in [-0.39, 0.29) is 18.2 Å². The Morgan fingerprint density at radius 2 is 1.97 bits per heavy atom. The van der Waals surface area contributed by atoms with Crippen molar-refractivity contribution in [1.82, 2.24) is 35.4 Å². The van der Waals surface area contributed by atoms with Crippen molar-refractivity contribution in [3.8, 4) is 5.69 Å². The standard InChI is InChI=1S/C22H27N7O3/c1-27-9-7-14(8-10-27)23-11-15-12-29(26-25-15)18-4-2-3-16-17(18)13-28(22(16)32)19-5-6-20(30)24-21(19)31/h2-4,12,14,19,23H,5-11,13H2,1H3,(H,24,30,31). The predicted octanol–water partition coefficient (Wildman–Crippen LogP) is 0.212. The zero-order valence-corrected chi connectivity index (χ0v) is 18.1. The summed E-state index contributed by atoms with van der Waals surface area (Å²) in [6, 6.07) is 5.34. The van der Waals surface area contributed by atoms with E-state index in [0.717, 1.165) is 42.9 Å². The van der Waals surface area contributed by atoms with Gasteiger partial charge in [0.1, 0.15) is 6.04 Å². The van der Waals surface area contributed by atoms with Gasteiger partial charge >= 0.3 is 0 Å². The Bertz CT molecular complexity index is 1060. The van der Waals surface area contributed by atoms with E-state index in [0.29, 0.717) is 31.1 Å². The minimum atomic E-state index is -0.634. The fourth-order valence-corrected chi connectivity index (χ4v) is 4.74. The lowest BCUT2D eigenvalue weighted by atomic mass is 10.0. The van der Waals surface area contributed by atoms with E-state index in [1.54, 1.807) is 15.6 Å². The molecule has 3 aliphatic heterocycles. The van der Waals surface area contributed by atoms with E-state index in [9.17, 15) is 14.4 Å². The molecule has 0 spiro atoms. The number of nitrogens with one attached hydrogen (secondary N) is 2. The van der Waals surface area contributed by atoms with E-state index in [4.69, 9.17) is 0 Å². The number of amides is 3. The molecular weight excluding hydrogens is 410 g/mol. The molecule has 1 unspecified atom stereocenters. The van der Waals surface area contributed by atoms with Gasteiger partial charge in [0.15, 0.2) is 0 Å². The van der Waals surface area contributed by atoms with Crippen LogP contribution >= 0.6 is 0 Å². The minimum Gasteiger partial charge on any atom is -0.322 e. The summed E-state index contributed by atoms with van der Waals surface area (Å²) in [5.41, 5.74) is 3.01. The topological polar surface area (TPSA) is 112 Å². The molecule has 5 rings (SSSR count). The number of piperidine rings is 2. The molecule has 32 heavy (non-hydrogen) atoms. The van der Waals surface area contributed by atoms with Crippen LogP contribution in [0.3, 0.4) is 0 Å². The highest BCUT2D eigenvalue weighted by Gasteiger charge is 2.40. The number of hydrogen-bond acceptors (Lipinski definition) is 7. The Hall–Kier alpha value is -3.11. The van der Waals surface area contributed by atoms with Crippen LogP contribution in [0.1, 0.15) is 47.3 Å². The molecule has 0 aliphatic carbocycles. The number of aromatic nitrogens is 3. The zero-order chi connectivity index (χ0) is 22.2. The second-order valence-electron chi connectivity index (χ2n) is 8.82. The molecule has 10 heteroatoms. The predicted molar refractivity (Wildman–Crippen MR) is 115 cm³/mol. The highest BCUT2D eigenvalue weighted by atomic mass is 16.2. The summed E-state index contributed by atoms with van der Waals surface area (Å²) in [6.45, 7) is 3.14. The van der Waals surface area contributed by atoms with Crippen LogP contribution in [0.4, 0.5) is 0 Å². The molecule has 2 N–H and O–H groups in total. The van der Waals surface area contributed by atoms with Crippen LogP contribution in [-0.4, -0.2) is 74.7 Å². The van der Waals surface area contributed by atoms with Crippen molar-refractivity contribution in [3.63, 3.8) is 0 Å². The van der Waals surface area contributed by atoms with Crippen molar-refractivity contribution in [2.45, 2.75) is 50.9 Å². The third kappa shape index (κ3) is 3.91. The largest absolute Gasteiger partial charge is 0.322 e. The monoisotopic (exact) mass is 437 g/mol. The Balaban J connectivity index is 1.31. The molecule has 4 heterocycles. The van der Waals surface area contributed by atoms with Crippen LogP contribution in [0.15, 0.2) is 24.4 Å². The lowest BCUT2D eigenvalue weighted by Crippen LogP contribution is -2.52. The summed E-state index contributed by atoms with van der Waals surface area (Å²) in [5.74, 6) is -0.896. The number of hydrogen-bond donors (Lipinski definition) is 2. The fraction of sp³-hybridized carbons (Fsp3) is 0.500. The van der Waals surface area contributed by atoms with Crippen molar-refractivity contribution in [3.05, 3.63) is 41.2 Å². The van der Waals surface area contributed by atoms with E-state index in [2.05, 4.69) is 32.9 Å². The fourth-order valence-electron chi connectivity index (χ4n) is 4.74. The number of fused-ring (bicyclic) bond motifs is 1. The van der Waals surface area contributed by atoms with Gasteiger partial charge in [0.05, 0.1) is 17.6 Å². The van der Waals surface area contributed by atoms with E-state index in [1.165, 1.54) is 0 Å².